The third kappa shape index (κ3) is 2.67. The van der Waals surface area contributed by atoms with Crippen LogP contribution in [0.2, 0.25) is 0 Å². The Hall–Kier alpha value is -2.10. The second kappa shape index (κ2) is 5.26. The molecule has 0 atom stereocenters. The number of aryl methyl sites for hydroxylation is 1. The molecule has 0 saturated heterocycles. The van der Waals surface area contributed by atoms with Crippen molar-refractivity contribution in [2.45, 2.75) is 20.4 Å². The molecule has 19 heavy (non-hydrogen) atoms. The molecular formula is C15H18FN3. The molecule has 0 amide bonds. The van der Waals surface area contributed by atoms with Crippen LogP contribution in [-0.4, -0.2) is 12.0 Å². The Morgan fingerprint density at radius 2 is 1.95 bits per heavy atom. The van der Waals surface area contributed by atoms with Gasteiger partial charge in [-0.1, -0.05) is 12.1 Å². The van der Waals surface area contributed by atoms with E-state index in [4.69, 9.17) is 5.73 Å². The molecule has 0 aliphatic rings. The van der Waals surface area contributed by atoms with Gasteiger partial charge >= 0.3 is 0 Å². The molecule has 0 fully saturated rings. The Morgan fingerprint density at radius 3 is 2.63 bits per heavy atom. The zero-order valence-corrected chi connectivity index (χ0v) is 11.4. The highest BCUT2D eigenvalue weighted by Gasteiger charge is 2.11. The number of aromatic nitrogens is 1. The Kier molecular flexibility index (Phi) is 3.69. The summed E-state index contributed by atoms with van der Waals surface area (Å²) in [5.41, 5.74) is 10.1. The molecule has 0 aliphatic heterocycles. The van der Waals surface area contributed by atoms with Crippen molar-refractivity contribution in [2.24, 2.45) is 0 Å². The Labute approximate surface area is 112 Å². The maximum absolute atomic E-state index is 13.7. The monoisotopic (exact) mass is 259 g/mol. The van der Waals surface area contributed by atoms with Crippen molar-refractivity contribution < 1.29 is 4.39 Å². The fraction of sp³-hybridized carbons (Fsp3) is 0.267. The highest BCUT2D eigenvalue weighted by atomic mass is 19.1. The quantitative estimate of drug-likeness (QED) is 0.921. The fourth-order valence-corrected chi connectivity index (χ4v) is 2.02. The van der Waals surface area contributed by atoms with Crippen molar-refractivity contribution in [3.63, 3.8) is 0 Å². The lowest BCUT2D eigenvalue weighted by Gasteiger charge is -2.21. The third-order valence-corrected chi connectivity index (χ3v) is 3.33. The van der Waals surface area contributed by atoms with Gasteiger partial charge in [-0.15, -0.1) is 0 Å². The van der Waals surface area contributed by atoms with Crippen molar-refractivity contribution in [3.8, 4) is 0 Å². The predicted molar refractivity (Wildman–Crippen MR) is 76.6 cm³/mol. The lowest BCUT2D eigenvalue weighted by molar-refractivity contribution is 0.621. The van der Waals surface area contributed by atoms with E-state index in [0.717, 1.165) is 22.5 Å². The molecule has 2 aromatic rings. The van der Waals surface area contributed by atoms with Crippen LogP contribution in [0.4, 0.5) is 15.8 Å². The largest absolute Gasteiger partial charge is 0.398 e. The molecule has 1 aromatic carbocycles. The summed E-state index contributed by atoms with van der Waals surface area (Å²) in [6.45, 7) is 4.40. The van der Waals surface area contributed by atoms with Gasteiger partial charge in [0.1, 0.15) is 5.82 Å². The minimum atomic E-state index is -0.234. The van der Waals surface area contributed by atoms with Crippen LogP contribution < -0.4 is 10.6 Å². The molecule has 0 unspecified atom stereocenters. The number of anilines is 2. The van der Waals surface area contributed by atoms with Gasteiger partial charge in [-0.3, -0.25) is 4.98 Å². The van der Waals surface area contributed by atoms with E-state index in [9.17, 15) is 4.39 Å². The molecule has 2 N–H and O–H groups in total. The Balaban J connectivity index is 2.27. The van der Waals surface area contributed by atoms with Crippen LogP contribution in [-0.2, 0) is 6.54 Å². The summed E-state index contributed by atoms with van der Waals surface area (Å²) in [4.78, 5) is 6.22. The zero-order valence-electron chi connectivity index (χ0n) is 11.4. The smallest absolute Gasteiger partial charge is 0.146 e. The topological polar surface area (TPSA) is 42.2 Å². The van der Waals surface area contributed by atoms with Gasteiger partial charge in [0.25, 0.3) is 0 Å². The zero-order chi connectivity index (χ0) is 14.0. The summed E-state index contributed by atoms with van der Waals surface area (Å²) >= 11 is 0. The van der Waals surface area contributed by atoms with Gasteiger partial charge < -0.3 is 10.6 Å². The van der Waals surface area contributed by atoms with Gasteiger partial charge in [0.05, 0.1) is 17.9 Å². The van der Waals surface area contributed by atoms with E-state index in [1.54, 1.807) is 18.3 Å². The van der Waals surface area contributed by atoms with E-state index in [1.807, 2.05) is 31.9 Å². The summed E-state index contributed by atoms with van der Waals surface area (Å²) in [6.07, 6.45) is 1.76. The summed E-state index contributed by atoms with van der Waals surface area (Å²) < 4.78 is 13.7. The van der Waals surface area contributed by atoms with E-state index < -0.39 is 0 Å². The summed E-state index contributed by atoms with van der Waals surface area (Å²) in [5.74, 6) is -0.234. The van der Waals surface area contributed by atoms with Gasteiger partial charge in [-0.2, -0.15) is 0 Å². The van der Waals surface area contributed by atoms with Gasteiger partial charge in [0, 0.05) is 18.9 Å². The number of nitrogens with zero attached hydrogens (tertiary/aromatic N) is 2. The van der Waals surface area contributed by atoms with E-state index >= 15 is 0 Å². The van der Waals surface area contributed by atoms with Gasteiger partial charge in [0.2, 0.25) is 0 Å². The molecule has 0 spiro atoms. The molecule has 0 bridgehead atoms. The maximum Gasteiger partial charge on any atom is 0.146 e. The number of rotatable bonds is 3. The summed E-state index contributed by atoms with van der Waals surface area (Å²) in [7, 11) is 1.84. The molecule has 0 radical (unpaired) electrons. The minimum Gasteiger partial charge on any atom is -0.398 e. The second-order valence-electron chi connectivity index (χ2n) is 4.73. The lowest BCUT2D eigenvalue weighted by Crippen LogP contribution is -2.19. The summed E-state index contributed by atoms with van der Waals surface area (Å²) in [6, 6.07) is 6.70. The number of para-hydroxylation sites is 1. The highest BCUT2D eigenvalue weighted by molar-refractivity contribution is 5.54. The molecule has 100 valence electrons. The van der Waals surface area contributed by atoms with Crippen LogP contribution in [0.1, 0.15) is 16.8 Å². The predicted octanol–water partition coefficient (Wildman–Crippen LogP) is 3.06. The molecule has 1 heterocycles. The van der Waals surface area contributed by atoms with E-state index in [-0.39, 0.29) is 5.82 Å². The normalized spacial score (nSPS) is 10.5. The first kappa shape index (κ1) is 13.3. The molecule has 2 rings (SSSR count). The summed E-state index contributed by atoms with van der Waals surface area (Å²) in [5, 5.41) is 0. The Morgan fingerprint density at radius 1 is 1.26 bits per heavy atom. The van der Waals surface area contributed by atoms with Crippen LogP contribution in [0.15, 0.2) is 30.5 Å². The molecule has 0 saturated carbocycles. The van der Waals surface area contributed by atoms with Crippen LogP contribution >= 0.6 is 0 Å². The Bertz CT molecular complexity index is 596. The van der Waals surface area contributed by atoms with Crippen LogP contribution in [0.25, 0.3) is 0 Å². The van der Waals surface area contributed by atoms with Crippen LogP contribution in [0.3, 0.4) is 0 Å². The highest BCUT2D eigenvalue weighted by Crippen LogP contribution is 2.22. The maximum atomic E-state index is 13.7. The van der Waals surface area contributed by atoms with E-state index in [0.29, 0.717) is 12.2 Å². The number of hydrogen-bond acceptors (Lipinski definition) is 3. The molecule has 3 nitrogen and oxygen atoms in total. The lowest BCUT2D eigenvalue weighted by atomic mass is 10.1. The molecule has 0 aliphatic carbocycles. The number of nitrogen functional groups attached to an aromatic ring is 1. The van der Waals surface area contributed by atoms with E-state index in [2.05, 4.69) is 4.98 Å². The number of halogens is 1. The first-order valence-corrected chi connectivity index (χ1v) is 6.17. The average molecular weight is 259 g/mol. The number of hydrogen-bond donors (Lipinski definition) is 1. The minimum absolute atomic E-state index is 0.234. The number of nitrogens with two attached hydrogens (primary N) is 1. The van der Waals surface area contributed by atoms with Crippen molar-refractivity contribution in [3.05, 3.63) is 53.1 Å². The van der Waals surface area contributed by atoms with Crippen molar-refractivity contribution in [2.75, 3.05) is 17.7 Å². The van der Waals surface area contributed by atoms with Gasteiger partial charge in [-0.05, 0) is 37.1 Å². The van der Waals surface area contributed by atoms with Crippen molar-refractivity contribution >= 4 is 11.4 Å². The standard InChI is InChI=1S/C15H18FN3/c1-10-8-18-13(11(2)15(10)17)9-19(3)14-7-5-4-6-12(14)16/h4-8H,9H2,1-3H3,(H2,17,18). The van der Waals surface area contributed by atoms with Gasteiger partial charge in [0.15, 0.2) is 0 Å². The second-order valence-corrected chi connectivity index (χ2v) is 4.73. The first-order valence-electron chi connectivity index (χ1n) is 6.17. The molecular weight excluding hydrogens is 241 g/mol. The third-order valence-electron chi connectivity index (χ3n) is 3.33. The molecule has 4 heteroatoms. The number of benzene rings is 1. The SMILES string of the molecule is Cc1cnc(CN(C)c2ccccc2F)c(C)c1N. The van der Waals surface area contributed by atoms with Crippen molar-refractivity contribution in [1.82, 2.24) is 4.98 Å². The van der Waals surface area contributed by atoms with Crippen LogP contribution in [0, 0.1) is 19.7 Å². The van der Waals surface area contributed by atoms with Crippen molar-refractivity contribution in [1.29, 1.82) is 0 Å². The van der Waals surface area contributed by atoms with Gasteiger partial charge in [-0.25, -0.2) is 4.39 Å². The molecule has 1 aromatic heterocycles. The number of pyridine rings is 1. The fourth-order valence-electron chi connectivity index (χ4n) is 2.02. The van der Waals surface area contributed by atoms with E-state index in [1.165, 1.54) is 6.07 Å². The first-order chi connectivity index (χ1) is 9.00. The average Bonchev–Trinajstić information content (AvgIpc) is 2.40. The van der Waals surface area contributed by atoms with Crippen LogP contribution in [0.5, 0.6) is 0 Å².